The van der Waals surface area contributed by atoms with Crippen molar-refractivity contribution < 1.29 is 9.13 Å². The van der Waals surface area contributed by atoms with Gasteiger partial charge in [0, 0.05) is 6.54 Å². The molecular formula is C7H14FNO. The maximum absolute atomic E-state index is 11.5. The summed E-state index contributed by atoms with van der Waals surface area (Å²) in [4.78, 5) is 0. The second kappa shape index (κ2) is 4.63. The van der Waals surface area contributed by atoms with Gasteiger partial charge in [-0.2, -0.15) is 0 Å². The maximum Gasteiger partial charge on any atom is 0.113 e. The third-order valence-corrected chi connectivity index (χ3v) is 1.74. The van der Waals surface area contributed by atoms with Crippen LogP contribution in [0.2, 0.25) is 0 Å². The summed E-state index contributed by atoms with van der Waals surface area (Å²) in [5.74, 6) is 0.617. The van der Waals surface area contributed by atoms with Crippen LogP contribution in [0.1, 0.15) is 6.42 Å². The standard InChI is InChI=1S/C7H14FNO/c8-2-4-10-6-7-1-3-9-5-7/h7,9H,1-6H2. The van der Waals surface area contributed by atoms with E-state index < -0.39 is 0 Å². The summed E-state index contributed by atoms with van der Waals surface area (Å²) in [6, 6.07) is 0. The molecule has 3 heteroatoms. The molecule has 0 aliphatic carbocycles. The molecule has 2 nitrogen and oxygen atoms in total. The molecule has 0 amide bonds. The van der Waals surface area contributed by atoms with Crippen LogP contribution in [0.25, 0.3) is 0 Å². The van der Waals surface area contributed by atoms with E-state index in [0.717, 1.165) is 19.7 Å². The monoisotopic (exact) mass is 147 g/mol. The van der Waals surface area contributed by atoms with Crippen LogP contribution in [0.5, 0.6) is 0 Å². The van der Waals surface area contributed by atoms with Crippen LogP contribution in [0.3, 0.4) is 0 Å². The van der Waals surface area contributed by atoms with Crippen molar-refractivity contribution in [3.8, 4) is 0 Å². The molecule has 1 heterocycles. The summed E-state index contributed by atoms with van der Waals surface area (Å²) in [5.41, 5.74) is 0. The molecule has 0 saturated carbocycles. The van der Waals surface area contributed by atoms with Crippen molar-refractivity contribution in [2.75, 3.05) is 33.0 Å². The van der Waals surface area contributed by atoms with Crippen molar-refractivity contribution in [2.45, 2.75) is 6.42 Å². The first-order valence-electron chi connectivity index (χ1n) is 3.78. The predicted octanol–water partition coefficient (Wildman–Crippen LogP) is 0.582. The van der Waals surface area contributed by atoms with Crippen molar-refractivity contribution in [3.63, 3.8) is 0 Å². The summed E-state index contributed by atoms with van der Waals surface area (Å²) in [7, 11) is 0. The van der Waals surface area contributed by atoms with E-state index in [1.54, 1.807) is 0 Å². The average Bonchev–Trinajstić information content (AvgIpc) is 2.41. The SMILES string of the molecule is FCCOCC1CCNC1. The Morgan fingerprint density at radius 3 is 3.10 bits per heavy atom. The number of ether oxygens (including phenoxy) is 1. The van der Waals surface area contributed by atoms with Gasteiger partial charge in [0.25, 0.3) is 0 Å². The Labute approximate surface area is 60.8 Å². The van der Waals surface area contributed by atoms with Crippen LogP contribution in [-0.4, -0.2) is 33.0 Å². The van der Waals surface area contributed by atoms with Gasteiger partial charge >= 0.3 is 0 Å². The topological polar surface area (TPSA) is 21.3 Å². The highest BCUT2D eigenvalue weighted by Crippen LogP contribution is 2.06. The second-order valence-corrected chi connectivity index (χ2v) is 2.62. The van der Waals surface area contributed by atoms with E-state index in [1.165, 1.54) is 6.42 Å². The molecule has 10 heavy (non-hydrogen) atoms. The molecular weight excluding hydrogens is 133 g/mol. The number of hydrogen-bond acceptors (Lipinski definition) is 2. The minimum atomic E-state index is -0.361. The fourth-order valence-corrected chi connectivity index (χ4v) is 1.16. The van der Waals surface area contributed by atoms with Crippen LogP contribution in [0.15, 0.2) is 0 Å². The zero-order valence-electron chi connectivity index (χ0n) is 6.11. The lowest BCUT2D eigenvalue weighted by molar-refractivity contribution is 0.0931. The van der Waals surface area contributed by atoms with Crippen molar-refractivity contribution >= 4 is 0 Å². The van der Waals surface area contributed by atoms with E-state index in [9.17, 15) is 4.39 Å². The molecule has 1 rings (SSSR count). The molecule has 0 bridgehead atoms. The van der Waals surface area contributed by atoms with E-state index in [-0.39, 0.29) is 13.3 Å². The number of hydrogen-bond donors (Lipinski definition) is 1. The zero-order valence-corrected chi connectivity index (χ0v) is 6.11. The van der Waals surface area contributed by atoms with E-state index in [1.807, 2.05) is 0 Å². The normalized spacial score (nSPS) is 25.5. The predicted molar refractivity (Wildman–Crippen MR) is 37.8 cm³/mol. The Kier molecular flexibility index (Phi) is 3.68. The second-order valence-electron chi connectivity index (χ2n) is 2.62. The van der Waals surface area contributed by atoms with E-state index in [2.05, 4.69) is 5.32 Å². The van der Waals surface area contributed by atoms with Gasteiger partial charge in [0.2, 0.25) is 0 Å². The first-order valence-corrected chi connectivity index (χ1v) is 3.78. The lowest BCUT2D eigenvalue weighted by atomic mass is 10.1. The van der Waals surface area contributed by atoms with Gasteiger partial charge in [-0.1, -0.05) is 0 Å². The molecule has 0 aromatic heterocycles. The van der Waals surface area contributed by atoms with E-state index >= 15 is 0 Å². The van der Waals surface area contributed by atoms with Gasteiger partial charge in [0.1, 0.15) is 6.67 Å². The number of rotatable bonds is 4. The number of alkyl halides is 1. The van der Waals surface area contributed by atoms with Crippen molar-refractivity contribution in [2.24, 2.45) is 5.92 Å². The highest BCUT2D eigenvalue weighted by Gasteiger charge is 2.13. The zero-order chi connectivity index (χ0) is 7.23. The fourth-order valence-electron chi connectivity index (χ4n) is 1.16. The minimum Gasteiger partial charge on any atom is -0.378 e. The highest BCUT2D eigenvalue weighted by molar-refractivity contribution is 4.69. The Morgan fingerprint density at radius 2 is 2.50 bits per heavy atom. The Balaban J connectivity index is 1.91. The Bertz CT molecular complexity index is 83.7. The Hall–Kier alpha value is -0.150. The molecule has 1 unspecified atom stereocenters. The molecule has 1 aliphatic rings. The van der Waals surface area contributed by atoms with Crippen LogP contribution < -0.4 is 5.32 Å². The number of halogens is 1. The maximum atomic E-state index is 11.5. The molecule has 0 radical (unpaired) electrons. The quantitative estimate of drug-likeness (QED) is 0.587. The van der Waals surface area contributed by atoms with E-state index in [4.69, 9.17) is 4.74 Å². The van der Waals surface area contributed by atoms with Crippen molar-refractivity contribution in [3.05, 3.63) is 0 Å². The van der Waals surface area contributed by atoms with Crippen LogP contribution >= 0.6 is 0 Å². The molecule has 1 fully saturated rings. The molecule has 0 aromatic rings. The number of nitrogens with one attached hydrogen (secondary N) is 1. The third-order valence-electron chi connectivity index (χ3n) is 1.74. The molecule has 60 valence electrons. The molecule has 1 saturated heterocycles. The highest BCUT2D eigenvalue weighted by atomic mass is 19.1. The van der Waals surface area contributed by atoms with Crippen LogP contribution in [0, 0.1) is 5.92 Å². The van der Waals surface area contributed by atoms with Gasteiger partial charge in [-0.15, -0.1) is 0 Å². The Morgan fingerprint density at radius 1 is 1.60 bits per heavy atom. The van der Waals surface area contributed by atoms with Gasteiger partial charge in [-0.3, -0.25) is 0 Å². The van der Waals surface area contributed by atoms with Crippen LogP contribution in [-0.2, 0) is 4.74 Å². The molecule has 0 spiro atoms. The summed E-state index contributed by atoms with van der Waals surface area (Å²) >= 11 is 0. The van der Waals surface area contributed by atoms with Crippen LogP contribution in [0.4, 0.5) is 4.39 Å². The molecule has 1 aliphatic heterocycles. The van der Waals surface area contributed by atoms with Crippen molar-refractivity contribution in [1.82, 2.24) is 5.32 Å². The molecule has 0 aromatic carbocycles. The summed E-state index contributed by atoms with van der Waals surface area (Å²) < 4.78 is 16.6. The summed E-state index contributed by atoms with van der Waals surface area (Å²) in [6.45, 7) is 2.74. The van der Waals surface area contributed by atoms with Gasteiger partial charge in [0.05, 0.1) is 13.2 Å². The minimum absolute atomic E-state index is 0.260. The van der Waals surface area contributed by atoms with Gasteiger partial charge in [-0.05, 0) is 18.9 Å². The molecule has 1 N–H and O–H groups in total. The third kappa shape index (κ3) is 2.62. The van der Waals surface area contributed by atoms with Crippen molar-refractivity contribution in [1.29, 1.82) is 0 Å². The smallest absolute Gasteiger partial charge is 0.113 e. The summed E-state index contributed by atoms with van der Waals surface area (Å²) in [5, 5.41) is 3.23. The average molecular weight is 147 g/mol. The lowest BCUT2D eigenvalue weighted by Gasteiger charge is -2.06. The van der Waals surface area contributed by atoms with Gasteiger partial charge in [-0.25, -0.2) is 4.39 Å². The largest absolute Gasteiger partial charge is 0.378 e. The van der Waals surface area contributed by atoms with Gasteiger partial charge < -0.3 is 10.1 Å². The lowest BCUT2D eigenvalue weighted by Crippen LogP contribution is -2.14. The fraction of sp³-hybridized carbons (Fsp3) is 1.00. The van der Waals surface area contributed by atoms with Gasteiger partial charge in [0.15, 0.2) is 0 Å². The summed E-state index contributed by atoms with van der Waals surface area (Å²) in [6.07, 6.45) is 1.17. The first kappa shape index (κ1) is 7.95. The first-order chi connectivity index (χ1) is 4.93. The van der Waals surface area contributed by atoms with E-state index in [0.29, 0.717) is 5.92 Å². The molecule has 1 atom stereocenters.